The number of nitrogens with one attached hydrogen (secondary N) is 1. The molecule has 4 aromatic rings. The van der Waals surface area contributed by atoms with Gasteiger partial charge < -0.3 is 5.32 Å². The molecule has 190 valence electrons. The van der Waals surface area contributed by atoms with E-state index in [4.69, 9.17) is 23.2 Å². The van der Waals surface area contributed by atoms with Gasteiger partial charge in [0.15, 0.2) is 5.41 Å². The average molecular weight is 544 g/mol. The van der Waals surface area contributed by atoms with Crippen molar-refractivity contribution >= 4 is 57.5 Å². The number of fused-ring (bicyclic) bond motifs is 3. The highest BCUT2D eigenvalue weighted by atomic mass is 35.5. The van der Waals surface area contributed by atoms with Crippen molar-refractivity contribution in [3.05, 3.63) is 112 Å². The Morgan fingerprint density at radius 1 is 0.711 bits per heavy atom. The first-order chi connectivity index (χ1) is 18.2. The minimum atomic E-state index is -1.71. The number of urea groups is 1. The van der Waals surface area contributed by atoms with Crippen LogP contribution >= 0.6 is 23.2 Å². The van der Waals surface area contributed by atoms with E-state index < -0.39 is 35.2 Å². The molecule has 1 spiro atoms. The van der Waals surface area contributed by atoms with E-state index in [1.165, 1.54) is 14.1 Å². The predicted molar refractivity (Wildman–Crippen MR) is 148 cm³/mol. The van der Waals surface area contributed by atoms with Gasteiger partial charge in [0.1, 0.15) is 0 Å². The van der Waals surface area contributed by atoms with E-state index in [-0.39, 0.29) is 0 Å². The topological polar surface area (TPSA) is 69.7 Å². The fraction of sp³-hybridized carbons (Fsp3) is 0.167. The minimum absolute atomic E-state index is 0.532. The Labute approximate surface area is 229 Å². The second kappa shape index (κ2) is 8.86. The van der Waals surface area contributed by atoms with Gasteiger partial charge in [-0.15, -0.1) is 0 Å². The number of halogens is 2. The van der Waals surface area contributed by atoms with Gasteiger partial charge in [-0.1, -0.05) is 83.9 Å². The standard InChI is InChI=1S/C30H23Cl2N3O3/c1-34-27(36)30(28(37)35(2)29(34)38)24(18-7-12-20(31)13-8-18)23-16-11-17-5-3-4-6-22(17)25(23)33-26(30)19-9-14-21(32)15-10-19/h3-16,24,26,33H,1-2H3. The molecule has 6 rings (SSSR count). The summed E-state index contributed by atoms with van der Waals surface area (Å²) in [4.78, 5) is 43.8. The molecule has 0 saturated carbocycles. The molecule has 2 unspecified atom stereocenters. The fourth-order valence-corrected chi connectivity index (χ4v) is 6.25. The molecule has 4 aromatic carbocycles. The Morgan fingerprint density at radius 3 is 1.87 bits per heavy atom. The van der Waals surface area contributed by atoms with E-state index in [1.54, 1.807) is 24.3 Å². The Hall–Kier alpha value is -3.87. The smallest absolute Gasteiger partial charge is 0.332 e. The maximum atomic E-state index is 14.4. The van der Waals surface area contributed by atoms with Crippen molar-refractivity contribution in [2.75, 3.05) is 19.4 Å². The van der Waals surface area contributed by atoms with Gasteiger partial charge in [-0.3, -0.25) is 19.4 Å². The van der Waals surface area contributed by atoms with Gasteiger partial charge in [-0.2, -0.15) is 0 Å². The molecular weight excluding hydrogens is 521 g/mol. The molecule has 0 bridgehead atoms. The zero-order chi connectivity index (χ0) is 26.8. The van der Waals surface area contributed by atoms with E-state index in [1.807, 2.05) is 60.7 Å². The number of benzene rings is 4. The van der Waals surface area contributed by atoms with Crippen molar-refractivity contribution in [2.45, 2.75) is 12.0 Å². The van der Waals surface area contributed by atoms with Crippen LogP contribution in [-0.2, 0) is 9.59 Å². The lowest BCUT2D eigenvalue weighted by Gasteiger charge is -2.53. The summed E-state index contributed by atoms with van der Waals surface area (Å²) in [6, 6.07) is 24.7. The highest BCUT2D eigenvalue weighted by molar-refractivity contribution is 6.31. The maximum Gasteiger partial charge on any atom is 0.332 e. The van der Waals surface area contributed by atoms with Gasteiger partial charge in [0.05, 0.1) is 6.04 Å². The molecule has 0 radical (unpaired) electrons. The summed E-state index contributed by atoms with van der Waals surface area (Å²) in [5.74, 6) is -1.87. The summed E-state index contributed by atoms with van der Waals surface area (Å²) in [6.07, 6.45) is 0. The SMILES string of the molecule is CN1C(=O)N(C)C(=O)C2(C1=O)C(c1ccc(Cl)cc1)Nc1c(ccc3ccccc13)C2c1ccc(Cl)cc1. The lowest BCUT2D eigenvalue weighted by atomic mass is 9.58. The summed E-state index contributed by atoms with van der Waals surface area (Å²) >= 11 is 12.5. The van der Waals surface area contributed by atoms with Crippen molar-refractivity contribution in [1.82, 2.24) is 9.80 Å². The van der Waals surface area contributed by atoms with Crippen LogP contribution in [0.25, 0.3) is 10.8 Å². The van der Waals surface area contributed by atoms with Crippen LogP contribution in [0.15, 0.2) is 84.9 Å². The molecule has 2 aliphatic heterocycles. The maximum absolute atomic E-state index is 14.4. The number of amides is 4. The van der Waals surface area contributed by atoms with Gasteiger partial charge in [-0.25, -0.2) is 4.79 Å². The molecule has 4 amide bonds. The number of carbonyl (C=O) groups is 3. The zero-order valence-electron chi connectivity index (χ0n) is 20.6. The quantitative estimate of drug-likeness (QED) is 0.293. The van der Waals surface area contributed by atoms with Crippen LogP contribution in [0.1, 0.15) is 28.7 Å². The van der Waals surface area contributed by atoms with Crippen molar-refractivity contribution in [1.29, 1.82) is 0 Å². The molecule has 38 heavy (non-hydrogen) atoms. The monoisotopic (exact) mass is 543 g/mol. The molecule has 6 nitrogen and oxygen atoms in total. The second-order valence-corrected chi connectivity index (χ2v) is 10.6. The van der Waals surface area contributed by atoms with Crippen LogP contribution in [0.2, 0.25) is 10.0 Å². The van der Waals surface area contributed by atoms with Crippen molar-refractivity contribution in [2.24, 2.45) is 5.41 Å². The van der Waals surface area contributed by atoms with Crippen molar-refractivity contribution < 1.29 is 14.4 Å². The van der Waals surface area contributed by atoms with Crippen LogP contribution in [-0.4, -0.2) is 41.7 Å². The van der Waals surface area contributed by atoms with Crippen LogP contribution in [0.5, 0.6) is 0 Å². The molecule has 1 fully saturated rings. The first kappa shape index (κ1) is 24.5. The third-order valence-corrected chi connectivity index (χ3v) is 8.27. The fourth-order valence-electron chi connectivity index (χ4n) is 6.00. The predicted octanol–water partition coefficient (Wildman–Crippen LogP) is 6.48. The second-order valence-electron chi connectivity index (χ2n) is 9.74. The molecule has 2 atom stereocenters. The Kier molecular flexibility index (Phi) is 5.70. The van der Waals surface area contributed by atoms with E-state index in [0.717, 1.165) is 37.4 Å². The van der Waals surface area contributed by atoms with Crippen molar-refractivity contribution in [3.63, 3.8) is 0 Å². The first-order valence-corrected chi connectivity index (χ1v) is 12.9. The summed E-state index contributed by atoms with van der Waals surface area (Å²) in [7, 11) is 2.84. The Morgan fingerprint density at radius 2 is 1.26 bits per heavy atom. The number of hydrogen-bond acceptors (Lipinski definition) is 4. The van der Waals surface area contributed by atoms with E-state index >= 15 is 0 Å². The molecule has 1 saturated heterocycles. The zero-order valence-corrected chi connectivity index (χ0v) is 22.1. The number of hydrogen-bond donors (Lipinski definition) is 1. The highest BCUT2D eigenvalue weighted by Crippen LogP contribution is 2.59. The number of carbonyl (C=O) groups excluding carboxylic acids is 3. The lowest BCUT2D eigenvalue weighted by Crippen LogP contribution is -2.68. The van der Waals surface area contributed by atoms with Gasteiger partial charge in [0, 0.05) is 41.1 Å². The lowest BCUT2D eigenvalue weighted by molar-refractivity contribution is -0.160. The van der Waals surface area contributed by atoms with Gasteiger partial charge in [0.2, 0.25) is 11.8 Å². The minimum Gasteiger partial charge on any atom is -0.376 e. The average Bonchev–Trinajstić information content (AvgIpc) is 2.94. The number of rotatable bonds is 2. The van der Waals surface area contributed by atoms with Gasteiger partial charge in [-0.05, 0) is 46.3 Å². The summed E-state index contributed by atoms with van der Waals surface area (Å²) in [5, 5.41) is 6.64. The van der Waals surface area contributed by atoms with Crippen LogP contribution in [0.4, 0.5) is 10.5 Å². The van der Waals surface area contributed by atoms with Crippen LogP contribution in [0, 0.1) is 5.41 Å². The number of nitrogens with zero attached hydrogens (tertiary/aromatic N) is 2. The van der Waals surface area contributed by atoms with Gasteiger partial charge in [0.25, 0.3) is 0 Å². The first-order valence-electron chi connectivity index (χ1n) is 12.1. The molecular formula is C30H23Cl2N3O3. The number of barbiturate groups is 1. The molecule has 1 N–H and O–H groups in total. The highest BCUT2D eigenvalue weighted by Gasteiger charge is 2.66. The normalized spacial score (nSPS) is 20.6. The summed E-state index contributed by atoms with van der Waals surface area (Å²) < 4.78 is 0. The molecule has 0 aliphatic carbocycles. The van der Waals surface area contributed by atoms with Crippen LogP contribution < -0.4 is 5.32 Å². The summed E-state index contributed by atoms with van der Waals surface area (Å²) in [5.41, 5.74) is 1.34. The van der Waals surface area contributed by atoms with E-state index in [0.29, 0.717) is 15.6 Å². The Bertz CT molecular complexity index is 1590. The largest absolute Gasteiger partial charge is 0.376 e. The molecule has 0 aromatic heterocycles. The van der Waals surface area contributed by atoms with E-state index in [9.17, 15) is 14.4 Å². The molecule has 2 aliphatic rings. The third-order valence-electron chi connectivity index (χ3n) is 7.77. The third kappa shape index (κ3) is 3.37. The van der Waals surface area contributed by atoms with Gasteiger partial charge >= 0.3 is 6.03 Å². The van der Waals surface area contributed by atoms with Crippen molar-refractivity contribution in [3.8, 4) is 0 Å². The number of anilines is 1. The Balaban J connectivity index is 1.75. The number of imide groups is 2. The molecule has 8 heteroatoms. The molecule has 2 heterocycles. The van der Waals surface area contributed by atoms with Crippen LogP contribution in [0.3, 0.4) is 0 Å². The summed E-state index contributed by atoms with van der Waals surface area (Å²) in [6.45, 7) is 0. The van der Waals surface area contributed by atoms with E-state index in [2.05, 4.69) is 5.32 Å².